The highest BCUT2D eigenvalue weighted by molar-refractivity contribution is 5.83. The van der Waals surface area contributed by atoms with Crippen molar-refractivity contribution in [3.8, 4) is 17.2 Å². The largest absolute Gasteiger partial charge is 0.497 e. The van der Waals surface area contributed by atoms with Gasteiger partial charge in [0.1, 0.15) is 17.2 Å². The third kappa shape index (κ3) is 2.57. The summed E-state index contributed by atoms with van der Waals surface area (Å²) in [4.78, 5) is 20.8. The van der Waals surface area contributed by atoms with Crippen LogP contribution in [0, 0.1) is 20.2 Å². The first-order valence-corrected chi connectivity index (χ1v) is 6.50. The van der Waals surface area contributed by atoms with Crippen LogP contribution in [0.25, 0.3) is 12.2 Å². The Morgan fingerprint density at radius 2 is 1.78 bits per heavy atom. The number of methoxy groups -OCH3 is 1. The first-order valence-electron chi connectivity index (χ1n) is 6.50. The average molecular weight is 314 g/mol. The molecule has 0 fully saturated rings. The lowest BCUT2D eigenvalue weighted by Gasteiger charge is -2.10. The van der Waals surface area contributed by atoms with Crippen LogP contribution in [0.4, 0.5) is 11.4 Å². The van der Waals surface area contributed by atoms with E-state index in [1.165, 1.54) is 19.3 Å². The van der Waals surface area contributed by atoms with E-state index < -0.39 is 15.5 Å². The number of hydrogen-bond donors (Lipinski definition) is 0. The molecule has 8 nitrogen and oxygen atoms in total. The van der Waals surface area contributed by atoms with Crippen LogP contribution in [0.1, 0.15) is 11.1 Å². The minimum absolute atomic E-state index is 0.0612. The lowest BCUT2D eigenvalue weighted by Crippen LogP contribution is -1.98. The highest BCUT2D eigenvalue weighted by atomic mass is 16.6. The number of non-ortho nitro benzene ring substituents is 1. The first-order chi connectivity index (χ1) is 11.0. The smallest absolute Gasteiger partial charge is 0.287 e. The SMILES string of the molecule is COc1ccc2c(c1)C=Cc1c(cc([N+](=O)[O-])cc1[N+](=O)[O-])O2. The Labute approximate surface area is 129 Å². The van der Waals surface area contributed by atoms with Gasteiger partial charge < -0.3 is 9.47 Å². The van der Waals surface area contributed by atoms with Gasteiger partial charge in [-0.15, -0.1) is 0 Å². The zero-order chi connectivity index (χ0) is 16.6. The minimum atomic E-state index is -0.694. The van der Waals surface area contributed by atoms with Crippen LogP contribution in [0.3, 0.4) is 0 Å². The fourth-order valence-electron chi connectivity index (χ4n) is 2.27. The second-order valence-corrected chi connectivity index (χ2v) is 4.73. The molecular formula is C15H10N2O6. The number of rotatable bonds is 3. The number of benzene rings is 2. The standard InChI is InChI=1S/C15H10N2O6/c1-22-11-3-5-14-9(6-11)2-4-12-13(17(20)21)7-10(16(18)19)8-15(12)23-14/h2-8H,1H3. The maximum Gasteiger partial charge on any atom is 0.287 e. The Hall–Kier alpha value is -3.42. The quantitative estimate of drug-likeness (QED) is 0.538. The molecule has 8 heteroatoms. The number of nitrogens with zero attached hydrogens (tertiary/aromatic N) is 2. The molecule has 1 heterocycles. The van der Waals surface area contributed by atoms with Crippen LogP contribution in [0.15, 0.2) is 30.3 Å². The van der Waals surface area contributed by atoms with Gasteiger partial charge in [-0.25, -0.2) is 0 Å². The lowest BCUT2D eigenvalue weighted by atomic mass is 10.1. The van der Waals surface area contributed by atoms with E-state index in [4.69, 9.17) is 9.47 Å². The van der Waals surface area contributed by atoms with Crippen molar-refractivity contribution >= 4 is 23.5 Å². The van der Waals surface area contributed by atoms with Crippen LogP contribution in [0.2, 0.25) is 0 Å². The Kier molecular flexibility index (Phi) is 3.41. The molecule has 0 spiro atoms. The summed E-state index contributed by atoms with van der Waals surface area (Å²) in [6.45, 7) is 0. The van der Waals surface area contributed by atoms with Crippen LogP contribution in [-0.4, -0.2) is 17.0 Å². The average Bonchev–Trinajstić information content (AvgIpc) is 2.71. The number of nitro benzene ring substituents is 2. The molecule has 116 valence electrons. The van der Waals surface area contributed by atoms with Crippen molar-refractivity contribution in [2.75, 3.05) is 7.11 Å². The van der Waals surface area contributed by atoms with Gasteiger partial charge in [-0.05, 0) is 24.3 Å². The summed E-state index contributed by atoms with van der Waals surface area (Å²) in [6, 6.07) is 7.11. The van der Waals surface area contributed by atoms with Crippen LogP contribution in [0.5, 0.6) is 17.2 Å². The second-order valence-electron chi connectivity index (χ2n) is 4.73. The van der Waals surface area contributed by atoms with Crippen molar-refractivity contribution in [3.63, 3.8) is 0 Å². The van der Waals surface area contributed by atoms with Gasteiger partial charge in [0.2, 0.25) is 0 Å². The molecule has 1 aliphatic rings. The van der Waals surface area contributed by atoms with Crippen molar-refractivity contribution in [3.05, 3.63) is 61.7 Å². The van der Waals surface area contributed by atoms with Gasteiger partial charge in [0, 0.05) is 5.56 Å². The van der Waals surface area contributed by atoms with E-state index in [0.29, 0.717) is 17.1 Å². The van der Waals surface area contributed by atoms with E-state index in [1.54, 1.807) is 24.3 Å². The topological polar surface area (TPSA) is 105 Å². The molecule has 0 saturated carbocycles. The number of ether oxygens (including phenoxy) is 2. The number of fused-ring (bicyclic) bond motifs is 2. The van der Waals surface area contributed by atoms with E-state index >= 15 is 0 Å². The number of hydrogen-bond acceptors (Lipinski definition) is 6. The molecule has 2 aromatic carbocycles. The molecule has 0 N–H and O–H groups in total. The minimum Gasteiger partial charge on any atom is -0.497 e. The van der Waals surface area contributed by atoms with Gasteiger partial charge in [-0.1, -0.05) is 6.08 Å². The first kappa shape index (κ1) is 14.5. The summed E-state index contributed by atoms with van der Waals surface area (Å²) in [5.74, 6) is 1.09. The molecule has 1 aliphatic heterocycles. The normalized spacial score (nSPS) is 11.7. The maximum absolute atomic E-state index is 11.2. The molecule has 23 heavy (non-hydrogen) atoms. The van der Waals surface area contributed by atoms with Crippen LogP contribution >= 0.6 is 0 Å². The molecule has 2 aromatic rings. The highest BCUT2D eigenvalue weighted by Gasteiger charge is 2.25. The van der Waals surface area contributed by atoms with Crippen molar-refractivity contribution in [1.29, 1.82) is 0 Å². The molecule has 0 aromatic heterocycles. The molecule has 3 rings (SSSR count). The van der Waals surface area contributed by atoms with Gasteiger partial charge in [0.25, 0.3) is 11.4 Å². The molecule has 0 radical (unpaired) electrons. The lowest BCUT2D eigenvalue weighted by molar-refractivity contribution is -0.394. The fraction of sp³-hybridized carbons (Fsp3) is 0.0667. The van der Waals surface area contributed by atoms with E-state index in [0.717, 1.165) is 6.07 Å². The van der Waals surface area contributed by atoms with E-state index in [2.05, 4.69) is 0 Å². The second kappa shape index (κ2) is 5.41. The van der Waals surface area contributed by atoms with Crippen LogP contribution < -0.4 is 9.47 Å². The molecule has 0 bridgehead atoms. The molecular weight excluding hydrogens is 304 g/mol. The monoisotopic (exact) mass is 314 g/mol. The summed E-state index contributed by atoms with van der Waals surface area (Å²) < 4.78 is 10.8. The summed E-state index contributed by atoms with van der Waals surface area (Å²) >= 11 is 0. The Balaban J connectivity index is 2.20. The van der Waals surface area contributed by atoms with Gasteiger partial charge >= 0.3 is 0 Å². The summed E-state index contributed by atoms with van der Waals surface area (Å²) in [7, 11) is 1.52. The summed E-state index contributed by atoms with van der Waals surface area (Å²) in [5, 5.41) is 22.2. The zero-order valence-corrected chi connectivity index (χ0v) is 11.9. The van der Waals surface area contributed by atoms with E-state index in [1.807, 2.05) is 0 Å². The Bertz CT molecular complexity index is 859. The molecule has 0 aliphatic carbocycles. The maximum atomic E-state index is 11.2. The van der Waals surface area contributed by atoms with Crippen molar-refractivity contribution in [2.24, 2.45) is 0 Å². The van der Waals surface area contributed by atoms with E-state index in [-0.39, 0.29) is 17.0 Å². The fourth-order valence-corrected chi connectivity index (χ4v) is 2.27. The van der Waals surface area contributed by atoms with Gasteiger partial charge in [-0.2, -0.15) is 0 Å². The third-order valence-electron chi connectivity index (χ3n) is 3.38. The zero-order valence-electron chi connectivity index (χ0n) is 11.9. The molecule has 0 unspecified atom stereocenters. The molecule has 0 atom stereocenters. The Morgan fingerprint density at radius 3 is 2.43 bits per heavy atom. The Morgan fingerprint density at radius 1 is 1.00 bits per heavy atom. The van der Waals surface area contributed by atoms with Crippen molar-refractivity contribution in [2.45, 2.75) is 0 Å². The molecule has 0 amide bonds. The van der Waals surface area contributed by atoms with E-state index in [9.17, 15) is 20.2 Å². The van der Waals surface area contributed by atoms with Gasteiger partial charge in [0.15, 0.2) is 0 Å². The highest BCUT2D eigenvalue weighted by Crippen LogP contribution is 2.41. The predicted octanol–water partition coefficient (Wildman–Crippen LogP) is 3.79. The van der Waals surface area contributed by atoms with Crippen molar-refractivity contribution in [1.82, 2.24) is 0 Å². The van der Waals surface area contributed by atoms with Gasteiger partial charge in [0.05, 0.1) is 34.7 Å². The van der Waals surface area contributed by atoms with Crippen molar-refractivity contribution < 1.29 is 19.3 Å². The molecule has 0 saturated heterocycles. The summed E-state index contributed by atoms with van der Waals surface area (Å²) in [5.41, 5.74) is 0.0410. The van der Waals surface area contributed by atoms with Gasteiger partial charge in [-0.3, -0.25) is 20.2 Å². The predicted molar refractivity (Wildman–Crippen MR) is 81.7 cm³/mol. The third-order valence-corrected chi connectivity index (χ3v) is 3.38. The summed E-state index contributed by atoms with van der Waals surface area (Å²) in [6.07, 6.45) is 3.14. The number of nitro groups is 2. The van der Waals surface area contributed by atoms with Crippen LogP contribution in [-0.2, 0) is 0 Å².